The summed E-state index contributed by atoms with van der Waals surface area (Å²) < 4.78 is 26.4. The Hall–Kier alpha value is -3.02. The lowest BCUT2D eigenvalue weighted by atomic mass is 10.2. The minimum atomic E-state index is -3.60. The molecule has 1 aliphatic rings. The number of carbonyl (C=O) groups excluding carboxylic acids is 3. The fourth-order valence-corrected chi connectivity index (χ4v) is 5.50. The normalized spacial score (nSPS) is 15.5. The molecule has 174 valence electrons. The third-order valence-corrected chi connectivity index (χ3v) is 7.91. The number of benzene rings is 1. The van der Waals surface area contributed by atoms with E-state index in [1.165, 1.54) is 28.6 Å². The van der Waals surface area contributed by atoms with Gasteiger partial charge in [0.1, 0.15) is 0 Å². The maximum Gasteiger partial charge on any atom is 0.293 e. The number of aromatic nitrogens is 1. The van der Waals surface area contributed by atoms with Crippen LogP contribution in [0, 0.1) is 0 Å². The first kappa shape index (κ1) is 24.6. The lowest BCUT2D eigenvalue weighted by molar-refractivity contribution is -0.122. The predicted molar refractivity (Wildman–Crippen MR) is 126 cm³/mol. The molecule has 9 nitrogen and oxygen atoms in total. The second-order valence-electron chi connectivity index (χ2n) is 6.99. The van der Waals surface area contributed by atoms with Crippen LogP contribution in [-0.2, 0) is 14.8 Å². The lowest BCUT2D eigenvalue weighted by Crippen LogP contribution is -2.37. The number of carbonyl (C=O) groups is 3. The highest BCUT2D eigenvalue weighted by Gasteiger charge is 2.34. The van der Waals surface area contributed by atoms with Gasteiger partial charge in [0.25, 0.3) is 17.1 Å². The van der Waals surface area contributed by atoms with Crippen LogP contribution in [0.1, 0.15) is 29.8 Å². The Morgan fingerprint density at radius 3 is 2.45 bits per heavy atom. The summed E-state index contributed by atoms with van der Waals surface area (Å²) in [4.78, 5) is 42.6. The molecule has 0 spiro atoms. The highest BCUT2D eigenvalue weighted by atomic mass is 32.2. The molecule has 1 fully saturated rings. The van der Waals surface area contributed by atoms with E-state index in [1.54, 1.807) is 44.4 Å². The predicted octanol–water partition coefficient (Wildman–Crippen LogP) is 2.58. The first-order valence-corrected chi connectivity index (χ1v) is 12.6. The van der Waals surface area contributed by atoms with E-state index < -0.39 is 27.1 Å². The number of amides is 3. The molecular formula is C22H24N4O5S2. The van der Waals surface area contributed by atoms with Gasteiger partial charge in [-0.3, -0.25) is 24.3 Å². The van der Waals surface area contributed by atoms with Crippen LogP contribution in [0.25, 0.3) is 6.08 Å². The molecule has 3 rings (SSSR count). The van der Waals surface area contributed by atoms with Crippen LogP contribution in [0.2, 0.25) is 0 Å². The van der Waals surface area contributed by atoms with Crippen LogP contribution in [0.4, 0.5) is 4.79 Å². The largest absolute Gasteiger partial charge is 0.350 e. The molecule has 0 unspecified atom stereocenters. The molecule has 33 heavy (non-hydrogen) atoms. The standard InChI is InChI=1S/C22H24N4O5S2/c1-3-25(4-2)33(30,31)18-9-7-17(8-10-18)20(27)24-12-13-26-21(28)19(32-22(26)29)14-16-6-5-11-23-15-16/h5-11,14-15H,3-4,12-13H2,1-2H3,(H,24,27)/b19-14+. The number of nitrogens with one attached hydrogen (secondary N) is 1. The van der Waals surface area contributed by atoms with Crippen molar-refractivity contribution < 1.29 is 22.8 Å². The SMILES string of the molecule is CCN(CC)S(=O)(=O)c1ccc(C(=O)NCCN2C(=O)S/C(=C/c3cccnc3)C2=O)cc1. The molecule has 11 heteroatoms. The van der Waals surface area contributed by atoms with Crippen molar-refractivity contribution in [2.45, 2.75) is 18.7 Å². The van der Waals surface area contributed by atoms with Crippen molar-refractivity contribution in [3.63, 3.8) is 0 Å². The molecule has 1 aliphatic heterocycles. The van der Waals surface area contributed by atoms with E-state index in [2.05, 4.69) is 10.3 Å². The van der Waals surface area contributed by atoms with Crippen molar-refractivity contribution in [3.8, 4) is 0 Å². The van der Waals surface area contributed by atoms with Crippen LogP contribution < -0.4 is 5.32 Å². The Morgan fingerprint density at radius 1 is 1.15 bits per heavy atom. The number of rotatable bonds is 9. The molecule has 0 bridgehead atoms. The zero-order valence-electron chi connectivity index (χ0n) is 18.2. The van der Waals surface area contributed by atoms with Gasteiger partial charge in [0.05, 0.1) is 9.80 Å². The third-order valence-electron chi connectivity index (χ3n) is 4.94. The topological polar surface area (TPSA) is 117 Å². The van der Waals surface area contributed by atoms with Gasteiger partial charge in [-0.2, -0.15) is 4.31 Å². The smallest absolute Gasteiger partial charge is 0.293 e. The quantitative estimate of drug-likeness (QED) is 0.539. The molecule has 1 aromatic carbocycles. The van der Waals surface area contributed by atoms with E-state index in [9.17, 15) is 22.8 Å². The summed E-state index contributed by atoms with van der Waals surface area (Å²) in [5, 5.41) is 2.24. The van der Waals surface area contributed by atoms with Crippen molar-refractivity contribution in [3.05, 3.63) is 64.8 Å². The van der Waals surface area contributed by atoms with E-state index in [4.69, 9.17) is 0 Å². The molecule has 0 atom stereocenters. The molecule has 2 aromatic rings. The molecule has 1 aromatic heterocycles. The minimum Gasteiger partial charge on any atom is -0.350 e. The third kappa shape index (κ3) is 5.67. The van der Waals surface area contributed by atoms with E-state index in [0.717, 1.165) is 16.7 Å². The van der Waals surface area contributed by atoms with Gasteiger partial charge in [-0.1, -0.05) is 19.9 Å². The van der Waals surface area contributed by atoms with Crippen molar-refractivity contribution in [1.82, 2.24) is 19.5 Å². The molecule has 2 heterocycles. The van der Waals surface area contributed by atoms with E-state index in [-0.39, 0.29) is 23.5 Å². The number of imide groups is 1. The van der Waals surface area contributed by atoms with E-state index in [1.807, 2.05) is 0 Å². The van der Waals surface area contributed by atoms with Gasteiger partial charge >= 0.3 is 0 Å². The summed E-state index contributed by atoms with van der Waals surface area (Å²) in [5.74, 6) is -0.853. The average Bonchev–Trinajstić information content (AvgIpc) is 3.07. The average molecular weight is 489 g/mol. The van der Waals surface area contributed by atoms with Crippen LogP contribution in [0.3, 0.4) is 0 Å². The molecule has 1 N–H and O–H groups in total. The number of hydrogen-bond donors (Lipinski definition) is 1. The fraction of sp³-hybridized carbons (Fsp3) is 0.273. The van der Waals surface area contributed by atoms with Gasteiger partial charge in [0.15, 0.2) is 0 Å². The highest BCUT2D eigenvalue weighted by molar-refractivity contribution is 8.18. The lowest BCUT2D eigenvalue weighted by Gasteiger charge is -2.18. The monoisotopic (exact) mass is 488 g/mol. The van der Waals surface area contributed by atoms with Crippen molar-refractivity contribution in [2.75, 3.05) is 26.2 Å². The van der Waals surface area contributed by atoms with Gasteiger partial charge in [-0.05, 0) is 53.7 Å². The van der Waals surface area contributed by atoms with Gasteiger partial charge in [0, 0.05) is 44.1 Å². The zero-order valence-corrected chi connectivity index (χ0v) is 19.9. The molecular weight excluding hydrogens is 464 g/mol. The van der Waals surface area contributed by atoms with Gasteiger partial charge in [-0.25, -0.2) is 8.42 Å². The molecule has 1 saturated heterocycles. The summed E-state index contributed by atoms with van der Waals surface area (Å²) >= 11 is 0.839. The van der Waals surface area contributed by atoms with Crippen molar-refractivity contribution in [1.29, 1.82) is 0 Å². The maximum atomic E-state index is 12.5. The summed E-state index contributed by atoms with van der Waals surface area (Å²) in [6, 6.07) is 9.16. The second-order valence-corrected chi connectivity index (χ2v) is 9.92. The van der Waals surface area contributed by atoms with Crippen LogP contribution >= 0.6 is 11.8 Å². The number of sulfonamides is 1. The Bertz CT molecular complexity index is 1160. The van der Waals surface area contributed by atoms with Crippen LogP contribution in [0.15, 0.2) is 58.6 Å². The Kier molecular flexibility index (Phi) is 8.01. The number of nitrogens with zero attached hydrogens (tertiary/aromatic N) is 3. The summed E-state index contributed by atoms with van der Waals surface area (Å²) in [6.45, 7) is 4.31. The first-order valence-electron chi connectivity index (χ1n) is 10.3. The summed E-state index contributed by atoms with van der Waals surface area (Å²) in [5.41, 5.74) is 0.988. The first-order chi connectivity index (χ1) is 15.8. The summed E-state index contributed by atoms with van der Waals surface area (Å²) in [7, 11) is -3.60. The zero-order chi connectivity index (χ0) is 24.0. The highest BCUT2D eigenvalue weighted by Crippen LogP contribution is 2.31. The number of hydrogen-bond acceptors (Lipinski definition) is 7. The summed E-state index contributed by atoms with van der Waals surface area (Å²) in [6.07, 6.45) is 4.81. The fourth-order valence-electron chi connectivity index (χ4n) is 3.18. The number of thioether (sulfide) groups is 1. The van der Waals surface area contributed by atoms with Gasteiger partial charge in [-0.15, -0.1) is 0 Å². The number of pyridine rings is 1. The van der Waals surface area contributed by atoms with Crippen LogP contribution in [0.5, 0.6) is 0 Å². The maximum absolute atomic E-state index is 12.5. The van der Waals surface area contributed by atoms with Crippen LogP contribution in [-0.4, -0.2) is 65.8 Å². The van der Waals surface area contributed by atoms with E-state index >= 15 is 0 Å². The molecule has 0 aliphatic carbocycles. The molecule has 0 saturated carbocycles. The van der Waals surface area contributed by atoms with Crippen molar-refractivity contribution >= 4 is 44.9 Å². The van der Waals surface area contributed by atoms with Crippen molar-refractivity contribution in [2.24, 2.45) is 0 Å². The Labute approximate surface area is 196 Å². The minimum absolute atomic E-state index is 0.0230. The Balaban J connectivity index is 1.58. The van der Waals surface area contributed by atoms with Gasteiger partial charge < -0.3 is 5.32 Å². The van der Waals surface area contributed by atoms with Gasteiger partial charge in [0.2, 0.25) is 10.0 Å². The van der Waals surface area contributed by atoms with E-state index in [0.29, 0.717) is 23.6 Å². The Morgan fingerprint density at radius 2 is 1.85 bits per heavy atom. The second kappa shape index (κ2) is 10.7. The molecule has 3 amide bonds. The molecule has 0 radical (unpaired) electrons.